The van der Waals surface area contributed by atoms with Gasteiger partial charge in [-0.2, -0.15) is 0 Å². The monoisotopic (exact) mass is 276 g/mol. The van der Waals surface area contributed by atoms with Crippen molar-refractivity contribution < 1.29 is 9.90 Å². The molecule has 1 amide bonds. The topological polar surface area (TPSA) is 70.4 Å². The van der Waals surface area contributed by atoms with Crippen LogP contribution in [0, 0.1) is 11.8 Å². The van der Waals surface area contributed by atoms with Crippen molar-refractivity contribution in [3.05, 3.63) is 11.9 Å². The third kappa shape index (κ3) is 1.82. The van der Waals surface area contributed by atoms with E-state index in [4.69, 9.17) is 0 Å². The summed E-state index contributed by atoms with van der Waals surface area (Å²) in [6, 6.07) is 0. The number of hydrogen-bond acceptors (Lipinski definition) is 4. The number of hydrogen-bond donors (Lipinski definition) is 2. The highest BCUT2D eigenvalue weighted by molar-refractivity contribution is 5.93. The predicted molar refractivity (Wildman–Crippen MR) is 73.5 cm³/mol. The number of carbonyl (C=O) groups is 1. The lowest BCUT2D eigenvalue weighted by Gasteiger charge is -2.17. The van der Waals surface area contributed by atoms with Gasteiger partial charge in [-0.1, -0.05) is 0 Å². The van der Waals surface area contributed by atoms with Crippen LogP contribution >= 0.6 is 0 Å². The van der Waals surface area contributed by atoms with Gasteiger partial charge in [0.2, 0.25) is 5.95 Å². The molecule has 2 aliphatic heterocycles. The SMILES string of the molecule is O=C(c1cn2c(n1)NCCC2)N1CC2CCC(O)C2C1. The van der Waals surface area contributed by atoms with Crippen molar-refractivity contribution in [3.63, 3.8) is 0 Å². The molecule has 3 unspecified atom stereocenters. The lowest BCUT2D eigenvalue weighted by Crippen LogP contribution is -2.31. The molecule has 4 rings (SSSR count). The largest absolute Gasteiger partial charge is 0.393 e. The Morgan fingerprint density at radius 2 is 2.30 bits per heavy atom. The first kappa shape index (κ1) is 12.2. The van der Waals surface area contributed by atoms with Crippen LogP contribution in [0.1, 0.15) is 29.8 Å². The van der Waals surface area contributed by atoms with E-state index >= 15 is 0 Å². The number of imidazole rings is 1. The van der Waals surface area contributed by atoms with Crippen LogP contribution in [0.25, 0.3) is 0 Å². The van der Waals surface area contributed by atoms with Crippen molar-refractivity contribution in [2.45, 2.75) is 31.9 Å². The number of nitrogens with one attached hydrogen (secondary N) is 1. The number of fused-ring (bicyclic) bond motifs is 2. The van der Waals surface area contributed by atoms with E-state index in [1.807, 2.05) is 15.7 Å². The summed E-state index contributed by atoms with van der Waals surface area (Å²) >= 11 is 0. The first-order valence-corrected chi connectivity index (χ1v) is 7.51. The van der Waals surface area contributed by atoms with Gasteiger partial charge in [0.15, 0.2) is 0 Å². The minimum atomic E-state index is -0.227. The molecule has 0 radical (unpaired) electrons. The van der Waals surface area contributed by atoms with Crippen LogP contribution < -0.4 is 5.32 Å². The molecule has 1 aromatic heterocycles. The molecule has 6 heteroatoms. The molecular formula is C14H20N4O2. The van der Waals surface area contributed by atoms with Gasteiger partial charge in [0, 0.05) is 38.3 Å². The van der Waals surface area contributed by atoms with E-state index in [1.165, 1.54) is 0 Å². The number of anilines is 1. The quantitative estimate of drug-likeness (QED) is 0.785. The van der Waals surface area contributed by atoms with Crippen molar-refractivity contribution in [2.24, 2.45) is 11.8 Å². The molecule has 0 aromatic carbocycles. The smallest absolute Gasteiger partial charge is 0.274 e. The van der Waals surface area contributed by atoms with Crippen LogP contribution in [-0.4, -0.2) is 51.2 Å². The van der Waals surface area contributed by atoms with Gasteiger partial charge in [0.05, 0.1) is 6.10 Å². The number of aliphatic hydroxyl groups is 1. The predicted octanol–water partition coefficient (Wildman–Crippen LogP) is 0.542. The van der Waals surface area contributed by atoms with Crippen molar-refractivity contribution in [2.75, 3.05) is 25.0 Å². The molecule has 3 aliphatic rings. The van der Waals surface area contributed by atoms with Crippen molar-refractivity contribution in [1.82, 2.24) is 14.5 Å². The summed E-state index contributed by atoms with van der Waals surface area (Å²) in [5, 5.41) is 13.2. The van der Waals surface area contributed by atoms with Gasteiger partial charge >= 0.3 is 0 Å². The van der Waals surface area contributed by atoms with Gasteiger partial charge in [0.1, 0.15) is 5.69 Å². The molecule has 6 nitrogen and oxygen atoms in total. The molecule has 3 heterocycles. The van der Waals surface area contributed by atoms with Gasteiger partial charge in [-0.15, -0.1) is 0 Å². The van der Waals surface area contributed by atoms with E-state index in [-0.39, 0.29) is 17.9 Å². The maximum Gasteiger partial charge on any atom is 0.274 e. The average Bonchev–Trinajstić information content (AvgIpc) is 3.13. The number of carbonyl (C=O) groups excluding carboxylic acids is 1. The molecule has 20 heavy (non-hydrogen) atoms. The van der Waals surface area contributed by atoms with E-state index < -0.39 is 0 Å². The Hall–Kier alpha value is -1.56. The number of aryl methyl sites for hydroxylation is 1. The maximum absolute atomic E-state index is 12.5. The molecule has 2 N–H and O–H groups in total. The van der Waals surface area contributed by atoms with Crippen LogP contribution in [0.3, 0.4) is 0 Å². The summed E-state index contributed by atoms with van der Waals surface area (Å²) in [5.41, 5.74) is 0.531. The molecule has 1 aliphatic carbocycles. The van der Waals surface area contributed by atoms with E-state index in [9.17, 15) is 9.90 Å². The van der Waals surface area contributed by atoms with E-state index in [1.54, 1.807) is 0 Å². The van der Waals surface area contributed by atoms with Crippen LogP contribution in [0.4, 0.5) is 5.95 Å². The van der Waals surface area contributed by atoms with Crippen molar-refractivity contribution in [3.8, 4) is 0 Å². The Morgan fingerprint density at radius 3 is 3.10 bits per heavy atom. The van der Waals surface area contributed by atoms with Crippen LogP contribution in [-0.2, 0) is 6.54 Å². The van der Waals surface area contributed by atoms with Crippen LogP contribution in [0.15, 0.2) is 6.20 Å². The van der Waals surface area contributed by atoms with Gasteiger partial charge in [-0.25, -0.2) is 4.98 Å². The van der Waals surface area contributed by atoms with Gasteiger partial charge in [0.25, 0.3) is 5.91 Å². The Morgan fingerprint density at radius 1 is 1.40 bits per heavy atom. The summed E-state index contributed by atoms with van der Waals surface area (Å²) in [6.45, 7) is 3.30. The standard InChI is InChI=1S/C14H20N4O2/c19-12-3-2-9-6-18(7-10(9)12)13(20)11-8-17-5-1-4-15-14(17)16-11/h8-10,12,19H,1-7H2,(H,15,16). The lowest BCUT2D eigenvalue weighted by atomic mass is 10.00. The molecule has 1 saturated heterocycles. The fourth-order valence-electron chi connectivity index (χ4n) is 3.84. The molecular weight excluding hydrogens is 256 g/mol. The Kier molecular flexibility index (Phi) is 2.73. The summed E-state index contributed by atoms with van der Waals surface area (Å²) in [4.78, 5) is 18.8. The number of rotatable bonds is 1. The van der Waals surface area contributed by atoms with Gasteiger partial charge in [-0.05, 0) is 25.2 Å². The lowest BCUT2D eigenvalue weighted by molar-refractivity contribution is 0.0747. The fraction of sp³-hybridized carbons (Fsp3) is 0.714. The highest BCUT2D eigenvalue weighted by Crippen LogP contribution is 2.38. The van der Waals surface area contributed by atoms with Crippen molar-refractivity contribution >= 4 is 11.9 Å². The van der Waals surface area contributed by atoms with Gasteiger partial charge < -0.3 is 19.9 Å². The molecule has 1 aromatic rings. The Bertz CT molecular complexity index is 518. The number of aromatic nitrogens is 2. The highest BCUT2D eigenvalue weighted by Gasteiger charge is 2.43. The number of aliphatic hydroxyl groups excluding tert-OH is 1. The number of nitrogens with zero attached hydrogens (tertiary/aromatic N) is 3. The summed E-state index contributed by atoms with van der Waals surface area (Å²) in [7, 11) is 0. The zero-order chi connectivity index (χ0) is 13.7. The zero-order valence-electron chi connectivity index (χ0n) is 11.5. The second-order valence-corrected chi connectivity index (χ2v) is 6.20. The summed E-state index contributed by atoms with van der Waals surface area (Å²) in [5.74, 6) is 1.56. The molecule has 1 saturated carbocycles. The van der Waals surface area contributed by atoms with Crippen molar-refractivity contribution in [1.29, 1.82) is 0 Å². The normalized spacial score (nSPS) is 31.9. The maximum atomic E-state index is 12.5. The van der Waals surface area contributed by atoms with Crippen LogP contribution in [0.2, 0.25) is 0 Å². The third-order valence-electron chi connectivity index (χ3n) is 4.96. The summed E-state index contributed by atoms with van der Waals surface area (Å²) < 4.78 is 2.02. The first-order chi connectivity index (χ1) is 9.72. The Labute approximate surface area is 117 Å². The minimum Gasteiger partial charge on any atom is -0.393 e. The number of amides is 1. The Balaban J connectivity index is 1.52. The second kappa shape index (κ2) is 4.48. The molecule has 2 fully saturated rings. The summed E-state index contributed by atoms with van der Waals surface area (Å²) in [6.07, 6.45) is 4.62. The molecule has 0 bridgehead atoms. The van der Waals surface area contributed by atoms with Crippen LogP contribution in [0.5, 0.6) is 0 Å². The van der Waals surface area contributed by atoms with Gasteiger partial charge in [-0.3, -0.25) is 4.79 Å². The molecule has 0 spiro atoms. The molecule has 3 atom stereocenters. The zero-order valence-corrected chi connectivity index (χ0v) is 11.5. The van der Waals surface area contributed by atoms with E-state index in [0.717, 1.165) is 44.8 Å². The molecule has 108 valence electrons. The number of likely N-dealkylation sites (tertiary alicyclic amines) is 1. The van der Waals surface area contributed by atoms with E-state index in [0.29, 0.717) is 18.2 Å². The second-order valence-electron chi connectivity index (χ2n) is 6.20. The minimum absolute atomic E-state index is 0.00954. The average molecular weight is 276 g/mol. The fourth-order valence-corrected chi connectivity index (χ4v) is 3.84. The first-order valence-electron chi connectivity index (χ1n) is 7.51. The highest BCUT2D eigenvalue weighted by atomic mass is 16.3. The van der Waals surface area contributed by atoms with E-state index in [2.05, 4.69) is 10.3 Å². The third-order valence-corrected chi connectivity index (χ3v) is 4.96.